The molecule has 0 aliphatic carbocycles. The number of nitrogens with one attached hydrogen (secondary N) is 2. The SMILES string of the molecule is CC1=NNC(=O)/C1=C\c1c(C)[nH]n(-c2ccc(C)c(C)c2)c1=O. The van der Waals surface area contributed by atoms with Crippen LogP contribution in [0.15, 0.2) is 33.7 Å². The molecule has 23 heavy (non-hydrogen) atoms. The molecule has 1 aliphatic rings. The molecule has 0 radical (unpaired) electrons. The molecule has 1 aromatic carbocycles. The molecule has 0 atom stereocenters. The van der Waals surface area contributed by atoms with Crippen LogP contribution in [0.3, 0.4) is 0 Å². The number of hydrogen-bond acceptors (Lipinski definition) is 3. The maximum absolute atomic E-state index is 12.7. The van der Waals surface area contributed by atoms with Gasteiger partial charge in [-0.05, 0) is 57.0 Å². The molecule has 2 aromatic rings. The van der Waals surface area contributed by atoms with Crippen LogP contribution in [0.5, 0.6) is 0 Å². The third-order valence-electron chi connectivity index (χ3n) is 4.11. The Bertz CT molecular complexity index is 929. The van der Waals surface area contributed by atoms with Crippen molar-refractivity contribution in [2.75, 3.05) is 0 Å². The number of amides is 1. The molecule has 0 bridgehead atoms. The molecule has 2 heterocycles. The van der Waals surface area contributed by atoms with Crippen molar-refractivity contribution in [2.45, 2.75) is 27.7 Å². The number of hydrogen-bond donors (Lipinski definition) is 2. The van der Waals surface area contributed by atoms with Gasteiger partial charge in [0.05, 0.1) is 22.5 Å². The van der Waals surface area contributed by atoms with Gasteiger partial charge in [-0.1, -0.05) is 6.07 Å². The minimum absolute atomic E-state index is 0.189. The number of benzene rings is 1. The van der Waals surface area contributed by atoms with Gasteiger partial charge in [0.1, 0.15) is 0 Å². The van der Waals surface area contributed by atoms with Crippen molar-refractivity contribution in [2.24, 2.45) is 5.10 Å². The highest BCUT2D eigenvalue weighted by atomic mass is 16.2. The number of H-pyrrole nitrogens is 1. The lowest BCUT2D eigenvalue weighted by Crippen LogP contribution is -2.17. The van der Waals surface area contributed by atoms with Crippen LogP contribution in [-0.2, 0) is 4.79 Å². The van der Waals surface area contributed by atoms with Crippen LogP contribution in [0.4, 0.5) is 0 Å². The maximum atomic E-state index is 12.7. The number of hydrazone groups is 1. The van der Waals surface area contributed by atoms with Crippen LogP contribution < -0.4 is 11.0 Å². The van der Waals surface area contributed by atoms with Crippen LogP contribution in [-0.4, -0.2) is 21.4 Å². The fourth-order valence-corrected chi connectivity index (χ4v) is 2.51. The van der Waals surface area contributed by atoms with E-state index in [1.807, 2.05) is 39.0 Å². The lowest BCUT2D eigenvalue weighted by Gasteiger charge is -2.05. The molecular formula is C17H18N4O2. The first-order valence-electron chi connectivity index (χ1n) is 7.34. The molecule has 1 amide bonds. The Kier molecular flexibility index (Phi) is 3.52. The van der Waals surface area contributed by atoms with Gasteiger partial charge in [-0.15, -0.1) is 0 Å². The Morgan fingerprint density at radius 2 is 1.83 bits per heavy atom. The van der Waals surface area contributed by atoms with Gasteiger partial charge in [0.2, 0.25) is 0 Å². The smallest absolute Gasteiger partial charge is 0.278 e. The minimum Gasteiger partial charge on any atom is -0.295 e. The lowest BCUT2D eigenvalue weighted by atomic mass is 10.1. The minimum atomic E-state index is -0.291. The van der Waals surface area contributed by atoms with E-state index in [1.54, 1.807) is 13.0 Å². The Morgan fingerprint density at radius 3 is 2.43 bits per heavy atom. The molecule has 1 aliphatic heterocycles. The standard InChI is InChI=1S/C17H18N4O2/c1-9-5-6-13(7-10(9)2)21-17(23)15(12(4)20-21)8-14-11(3)18-19-16(14)22/h5-8,20H,1-4H3,(H,19,22)/b14-8-. The predicted octanol–water partition coefficient (Wildman–Crippen LogP) is 1.98. The maximum Gasteiger partial charge on any atom is 0.278 e. The van der Waals surface area contributed by atoms with Crippen LogP contribution in [0.1, 0.15) is 29.3 Å². The summed E-state index contributed by atoms with van der Waals surface area (Å²) in [6.07, 6.45) is 1.59. The topological polar surface area (TPSA) is 79.2 Å². The van der Waals surface area contributed by atoms with Gasteiger partial charge in [0, 0.05) is 5.69 Å². The highest BCUT2D eigenvalue weighted by molar-refractivity contribution is 6.26. The number of aromatic nitrogens is 2. The number of carbonyl (C=O) groups is 1. The largest absolute Gasteiger partial charge is 0.295 e. The zero-order valence-corrected chi connectivity index (χ0v) is 13.5. The first-order chi connectivity index (χ1) is 10.9. The third-order valence-corrected chi connectivity index (χ3v) is 4.11. The van der Waals surface area contributed by atoms with E-state index in [2.05, 4.69) is 15.6 Å². The van der Waals surface area contributed by atoms with Crippen molar-refractivity contribution in [1.29, 1.82) is 0 Å². The fourth-order valence-electron chi connectivity index (χ4n) is 2.51. The molecule has 6 heteroatoms. The van der Waals surface area contributed by atoms with Crippen LogP contribution in [0.2, 0.25) is 0 Å². The van der Waals surface area contributed by atoms with E-state index in [9.17, 15) is 9.59 Å². The molecule has 6 nitrogen and oxygen atoms in total. The molecule has 0 saturated carbocycles. The zero-order chi connectivity index (χ0) is 16.7. The van der Waals surface area contributed by atoms with Crippen molar-refractivity contribution in [1.82, 2.24) is 15.2 Å². The second-order valence-electron chi connectivity index (χ2n) is 5.76. The Morgan fingerprint density at radius 1 is 1.09 bits per heavy atom. The quantitative estimate of drug-likeness (QED) is 0.832. The second kappa shape index (κ2) is 5.39. The van der Waals surface area contributed by atoms with Crippen molar-refractivity contribution in [3.8, 4) is 5.69 Å². The Hall–Kier alpha value is -2.89. The van der Waals surface area contributed by atoms with E-state index in [4.69, 9.17) is 0 Å². The summed E-state index contributed by atoms with van der Waals surface area (Å²) in [6, 6.07) is 5.83. The Labute approximate surface area is 133 Å². The molecule has 2 N–H and O–H groups in total. The van der Waals surface area contributed by atoms with Crippen molar-refractivity contribution >= 4 is 17.7 Å². The number of aryl methyl sites for hydroxylation is 3. The van der Waals surface area contributed by atoms with Crippen LogP contribution in [0, 0.1) is 20.8 Å². The van der Waals surface area contributed by atoms with E-state index >= 15 is 0 Å². The van der Waals surface area contributed by atoms with Crippen molar-refractivity contribution in [3.63, 3.8) is 0 Å². The third kappa shape index (κ3) is 2.52. The highest BCUT2D eigenvalue weighted by Crippen LogP contribution is 2.16. The molecule has 0 fully saturated rings. The van der Waals surface area contributed by atoms with E-state index < -0.39 is 0 Å². The summed E-state index contributed by atoms with van der Waals surface area (Å²) in [5, 5.41) is 6.94. The van der Waals surface area contributed by atoms with Gasteiger partial charge in [-0.2, -0.15) is 5.10 Å². The summed E-state index contributed by atoms with van der Waals surface area (Å²) in [5.74, 6) is -0.291. The summed E-state index contributed by atoms with van der Waals surface area (Å²) < 4.78 is 1.49. The first-order valence-corrected chi connectivity index (χ1v) is 7.34. The number of carbonyl (C=O) groups excluding carboxylic acids is 1. The monoisotopic (exact) mass is 310 g/mol. The molecule has 0 unspecified atom stereocenters. The molecular weight excluding hydrogens is 292 g/mol. The number of nitrogens with zero attached hydrogens (tertiary/aromatic N) is 2. The Balaban J connectivity index is 2.12. The molecule has 0 saturated heterocycles. The number of aromatic amines is 1. The normalized spacial score (nSPS) is 15.9. The van der Waals surface area contributed by atoms with Gasteiger partial charge < -0.3 is 0 Å². The van der Waals surface area contributed by atoms with E-state index in [0.717, 1.165) is 11.3 Å². The summed E-state index contributed by atoms with van der Waals surface area (Å²) >= 11 is 0. The van der Waals surface area contributed by atoms with Crippen molar-refractivity contribution < 1.29 is 4.79 Å². The summed E-state index contributed by atoms with van der Waals surface area (Å²) in [7, 11) is 0. The summed E-state index contributed by atoms with van der Waals surface area (Å²) in [4.78, 5) is 24.5. The zero-order valence-electron chi connectivity index (χ0n) is 13.5. The molecule has 118 valence electrons. The van der Waals surface area contributed by atoms with Gasteiger partial charge in [0.25, 0.3) is 11.5 Å². The lowest BCUT2D eigenvalue weighted by molar-refractivity contribution is -0.116. The average molecular weight is 310 g/mol. The van der Waals surface area contributed by atoms with Gasteiger partial charge in [-0.25, -0.2) is 10.1 Å². The van der Waals surface area contributed by atoms with Gasteiger partial charge in [0.15, 0.2) is 0 Å². The van der Waals surface area contributed by atoms with Gasteiger partial charge in [-0.3, -0.25) is 14.7 Å². The van der Waals surface area contributed by atoms with E-state index in [-0.39, 0.29) is 11.5 Å². The summed E-state index contributed by atoms with van der Waals surface area (Å²) in [6.45, 7) is 7.57. The molecule has 0 spiro atoms. The first kappa shape index (κ1) is 15.0. The van der Waals surface area contributed by atoms with Crippen LogP contribution >= 0.6 is 0 Å². The second-order valence-corrected chi connectivity index (χ2v) is 5.76. The fraction of sp³-hybridized carbons (Fsp3) is 0.235. The molecule has 1 aromatic heterocycles. The van der Waals surface area contributed by atoms with E-state index in [0.29, 0.717) is 22.5 Å². The summed E-state index contributed by atoms with van der Waals surface area (Å²) in [5.41, 5.74) is 7.41. The average Bonchev–Trinajstić information content (AvgIpc) is 2.97. The number of rotatable bonds is 2. The highest BCUT2D eigenvalue weighted by Gasteiger charge is 2.21. The van der Waals surface area contributed by atoms with Gasteiger partial charge >= 0.3 is 0 Å². The van der Waals surface area contributed by atoms with E-state index in [1.165, 1.54) is 10.2 Å². The van der Waals surface area contributed by atoms with Crippen molar-refractivity contribution in [3.05, 3.63) is 56.5 Å². The van der Waals surface area contributed by atoms with Crippen LogP contribution in [0.25, 0.3) is 11.8 Å². The predicted molar refractivity (Wildman–Crippen MR) is 89.8 cm³/mol. The molecule has 3 rings (SSSR count).